The number of fused-ring (bicyclic) bond motifs is 1. The van der Waals surface area contributed by atoms with E-state index < -0.39 is 0 Å². The summed E-state index contributed by atoms with van der Waals surface area (Å²) in [5, 5.41) is 0.632. The zero-order chi connectivity index (χ0) is 24.2. The van der Waals surface area contributed by atoms with Crippen molar-refractivity contribution in [3.05, 3.63) is 35.8 Å². The van der Waals surface area contributed by atoms with Crippen LogP contribution in [0.25, 0.3) is 10.9 Å². The first-order valence-electron chi connectivity index (χ1n) is 12.9. The van der Waals surface area contributed by atoms with Crippen LogP contribution in [0.3, 0.4) is 0 Å². The minimum absolute atomic E-state index is 0.130. The van der Waals surface area contributed by atoms with Gasteiger partial charge in [-0.1, -0.05) is 0 Å². The summed E-state index contributed by atoms with van der Waals surface area (Å²) in [6.07, 6.45) is 7.67. The fraction of sp³-hybridized carbons (Fsp3) is 0.556. The Hall–Kier alpha value is -3.03. The molecule has 1 aromatic heterocycles. The second-order valence-corrected chi connectivity index (χ2v) is 10.6. The van der Waals surface area contributed by atoms with Gasteiger partial charge >= 0.3 is 0 Å². The lowest BCUT2D eigenvalue weighted by Crippen LogP contribution is -2.51. The van der Waals surface area contributed by atoms with Gasteiger partial charge in [-0.05, 0) is 56.7 Å². The number of amides is 2. The summed E-state index contributed by atoms with van der Waals surface area (Å²) >= 11 is 0. The van der Waals surface area contributed by atoms with Crippen molar-refractivity contribution in [1.29, 1.82) is 0 Å². The molecule has 8 heteroatoms. The van der Waals surface area contributed by atoms with Crippen LogP contribution in [0.1, 0.15) is 55.3 Å². The van der Waals surface area contributed by atoms with Crippen molar-refractivity contribution in [1.82, 2.24) is 14.8 Å². The monoisotopic (exact) mass is 478 g/mol. The van der Waals surface area contributed by atoms with E-state index in [9.17, 15) is 18.8 Å². The second-order valence-electron chi connectivity index (χ2n) is 10.6. The zero-order valence-corrected chi connectivity index (χ0v) is 20.0. The van der Waals surface area contributed by atoms with Gasteiger partial charge in [0.2, 0.25) is 5.91 Å². The number of nitrogens with zero attached hydrogens (tertiary/aromatic N) is 4. The van der Waals surface area contributed by atoms with Crippen LogP contribution < -0.4 is 4.90 Å². The van der Waals surface area contributed by atoms with Crippen molar-refractivity contribution < 1.29 is 18.8 Å². The molecule has 0 unspecified atom stereocenters. The smallest absolute Gasteiger partial charge is 0.257 e. The number of pyridine rings is 1. The minimum atomic E-state index is -0.364. The molecule has 0 bridgehead atoms. The number of halogens is 1. The van der Waals surface area contributed by atoms with Crippen LogP contribution >= 0.6 is 0 Å². The topological polar surface area (TPSA) is 73.8 Å². The quantitative estimate of drug-likeness (QED) is 0.676. The Labute approximate surface area is 204 Å². The van der Waals surface area contributed by atoms with E-state index in [0.717, 1.165) is 44.2 Å². The summed E-state index contributed by atoms with van der Waals surface area (Å²) in [5.41, 5.74) is 1.62. The Morgan fingerprint density at radius 1 is 0.971 bits per heavy atom. The van der Waals surface area contributed by atoms with Gasteiger partial charge < -0.3 is 14.7 Å². The molecule has 4 aliphatic rings. The van der Waals surface area contributed by atoms with E-state index in [1.807, 2.05) is 4.90 Å². The first kappa shape index (κ1) is 22.4. The summed E-state index contributed by atoms with van der Waals surface area (Å²) in [6.45, 7) is 3.36. The summed E-state index contributed by atoms with van der Waals surface area (Å²) in [7, 11) is 0. The number of piperidine rings is 1. The van der Waals surface area contributed by atoms with Crippen LogP contribution in [0.2, 0.25) is 0 Å². The lowest BCUT2D eigenvalue weighted by Gasteiger charge is -2.41. The number of ketones is 1. The van der Waals surface area contributed by atoms with Crippen LogP contribution in [0.4, 0.5) is 10.1 Å². The van der Waals surface area contributed by atoms with Gasteiger partial charge in [-0.15, -0.1) is 0 Å². The third kappa shape index (κ3) is 3.96. The maximum absolute atomic E-state index is 14.3. The van der Waals surface area contributed by atoms with Crippen LogP contribution in [-0.2, 0) is 9.59 Å². The molecule has 1 spiro atoms. The lowest BCUT2D eigenvalue weighted by molar-refractivity contribution is -0.134. The molecule has 35 heavy (non-hydrogen) atoms. The molecule has 4 fully saturated rings. The molecular formula is C27H31FN4O3. The van der Waals surface area contributed by atoms with Gasteiger partial charge in [0.05, 0.1) is 16.8 Å². The highest BCUT2D eigenvalue weighted by Crippen LogP contribution is 2.45. The molecule has 0 radical (unpaired) electrons. The molecule has 2 amide bonds. The molecule has 0 atom stereocenters. The maximum Gasteiger partial charge on any atom is 0.257 e. The number of Topliss-reactive ketones (excluding diaryl/α,β-unsaturated/α-hetero) is 1. The molecule has 2 aliphatic heterocycles. The van der Waals surface area contributed by atoms with Gasteiger partial charge in [-0.25, -0.2) is 4.39 Å². The number of hydrogen-bond donors (Lipinski definition) is 0. The predicted octanol–water partition coefficient (Wildman–Crippen LogP) is 3.41. The summed E-state index contributed by atoms with van der Waals surface area (Å²) in [5.74, 6) is 0.269. The molecule has 0 N–H and O–H groups in total. The number of hydrogen-bond acceptors (Lipinski definition) is 5. The molecule has 2 saturated heterocycles. The van der Waals surface area contributed by atoms with Crippen molar-refractivity contribution in [2.24, 2.45) is 11.3 Å². The molecule has 6 rings (SSSR count). The van der Waals surface area contributed by atoms with E-state index in [1.54, 1.807) is 17.2 Å². The molecule has 184 valence electrons. The number of anilines is 1. The predicted molar refractivity (Wildman–Crippen MR) is 130 cm³/mol. The van der Waals surface area contributed by atoms with E-state index in [0.29, 0.717) is 67.9 Å². The van der Waals surface area contributed by atoms with E-state index in [4.69, 9.17) is 0 Å². The standard InChI is InChI=1S/C27H31FN4O3/c28-19-5-6-22-20(16-19)24(30-10-8-27(9-11-30)7-1-2-23(27)33)21(17-29-22)26(35)32-14-12-31(13-15-32)25(34)18-3-4-18/h5-6,16-18H,1-4,7-15H2. The lowest BCUT2D eigenvalue weighted by atomic mass is 9.76. The molecule has 3 heterocycles. The van der Waals surface area contributed by atoms with Gasteiger partial charge in [-0.3, -0.25) is 19.4 Å². The first-order chi connectivity index (χ1) is 16.9. The Bertz CT molecular complexity index is 1190. The van der Waals surface area contributed by atoms with Crippen LogP contribution in [0, 0.1) is 17.2 Å². The van der Waals surface area contributed by atoms with E-state index in [2.05, 4.69) is 9.88 Å². The largest absolute Gasteiger partial charge is 0.370 e. The highest BCUT2D eigenvalue weighted by Gasteiger charge is 2.44. The van der Waals surface area contributed by atoms with Crippen molar-refractivity contribution in [3.63, 3.8) is 0 Å². The third-order valence-electron chi connectivity index (χ3n) is 8.52. The molecule has 2 saturated carbocycles. The zero-order valence-electron chi connectivity index (χ0n) is 20.0. The number of rotatable bonds is 3. The first-order valence-corrected chi connectivity index (χ1v) is 12.9. The number of aromatic nitrogens is 1. The van der Waals surface area contributed by atoms with E-state index in [-0.39, 0.29) is 29.0 Å². The van der Waals surface area contributed by atoms with Crippen LogP contribution in [-0.4, -0.2) is 71.6 Å². The number of benzene rings is 1. The molecule has 7 nitrogen and oxygen atoms in total. The summed E-state index contributed by atoms with van der Waals surface area (Å²) in [4.78, 5) is 49.0. The van der Waals surface area contributed by atoms with Gasteiger partial charge in [-0.2, -0.15) is 0 Å². The van der Waals surface area contributed by atoms with E-state index in [1.165, 1.54) is 12.1 Å². The molecular weight excluding hydrogens is 447 g/mol. The van der Waals surface area contributed by atoms with Crippen molar-refractivity contribution >= 4 is 34.2 Å². The molecule has 2 aliphatic carbocycles. The van der Waals surface area contributed by atoms with Gasteiger partial charge in [0, 0.05) is 68.6 Å². The Morgan fingerprint density at radius 2 is 1.69 bits per heavy atom. The number of carbonyl (C=O) groups excluding carboxylic acids is 3. The van der Waals surface area contributed by atoms with Crippen molar-refractivity contribution in [2.45, 2.75) is 44.9 Å². The average Bonchev–Trinajstić information content (AvgIpc) is 3.68. The normalized spacial score (nSPS) is 22.3. The maximum atomic E-state index is 14.3. The van der Waals surface area contributed by atoms with Crippen molar-refractivity contribution in [3.8, 4) is 0 Å². The average molecular weight is 479 g/mol. The van der Waals surface area contributed by atoms with Gasteiger partial charge in [0.25, 0.3) is 5.91 Å². The molecule has 1 aromatic carbocycles. The summed E-state index contributed by atoms with van der Waals surface area (Å²) in [6, 6.07) is 4.50. The van der Waals surface area contributed by atoms with Gasteiger partial charge in [0.1, 0.15) is 11.6 Å². The SMILES string of the molecule is O=C(c1cnc2ccc(F)cc2c1N1CCC2(CCCC2=O)CC1)N1CCN(C(=O)C2CC2)CC1. The Balaban J connectivity index is 1.28. The molecule has 2 aromatic rings. The summed E-state index contributed by atoms with van der Waals surface area (Å²) < 4.78 is 14.3. The fourth-order valence-corrected chi connectivity index (χ4v) is 6.22. The third-order valence-corrected chi connectivity index (χ3v) is 8.52. The second kappa shape index (κ2) is 8.57. The Morgan fingerprint density at radius 3 is 2.34 bits per heavy atom. The minimum Gasteiger partial charge on any atom is -0.370 e. The number of piperazine rings is 1. The van der Waals surface area contributed by atoms with E-state index >= 15 is 0 Å². The van der Waals surface area contributed by atoms with Crippen LogP contribution in [0.5, 0.6) is 0 Å². The highest BCUT2D eigenvalue weighted by molar-refractivity contribution is 6.07. The highest BCUT2D eigenvalue weighted by atomic mass is 19.1. The fourth-order valence-electron chi connectivity index (χ4n) is 6.22. The Kier molecular flexibility index (Phi) is 5.49. The van der Waals surface area contributed by atoms with Crippen LogP contribution in [0.15, 0.2) is 24.4 Å². The number of carbonyl (C=O) groups is 3. The van der Waals surface area contributed by atoms with Gasteiger partial charge in [0.15, 0.2) is 0 Å². The van der Waals surface area contributed by atoms with Crippen molar-refractivity contribution in [2.75, 3.05) is 44.2 Å².